The quantitative estimate of drug-likeness (QED) is 0.795. The molecule has 0 aromatic carbocycles. The Morgan fingerprint density at radius 2 is 1.86 bits per heavy atom. The molecule has 2 fully saturated rings. The van der Waals surface area contributed by atoms with Gasteiger partial charge >= 0.3 is 0 Å². The van der Waals surface area contributed by atoms with Crippen LogP contribution in [0.1, 0.15) is 62.6 Å². The zero-order valence-corrected chi connectivity index (χ0v) is 17.5. The van der Waals surface area contributed by atoms with Crippen molar-refractivity contribution < 1.29 is 14.3 Å². The van der Waals surface area contributed by atoms with Crippen LogP contribution in [0.3, 0.4) is 0 Å². The van der Waals surface area contributed by atoms with Crippen LogP contribution in [0.15, 0.2) is 12.4 Å². The Morgan fingerprint density at radius 3 is 2.46 bits per heavy atom. The summed E-state index contributed by atoms with van der Waals surface area (Å²) in [6, 6.07) is 0. The minimum atomic E-state index is -0.343. The molecule has 1 aromatic heterocycles. The SMILES string of the molecule is Cc1ncc(C(=O)N2CCC3(CC2)CN(CCC(C)(C)C)C(=O)CCO3)cn1. The van der Waals surface area contributed by atoms with Crippen LogP contribution in [0.25, 0.3) is 0 Å². The Hall–Kier alpha value is -2.02. The molecule has 0 radical (unpaired) electrons. The smallest absolute Gasteiger partial charge is 0.256 e. The third-order valence-corrected chi connectivity index (χ3v) is 5.68. The first-order chi connectivity index (χ1) is 13.2. The van der Waals surface area contributed by atoms with Crippen LogP contribution in [0, 0.1) is 12.3 Å². The fourth-order valence-electron chi connectivity index (χ4n) is 3.77. The molecule has 0 aliphatic carbocycles. The average molecular weight is 389 g/mol. The molecule has 28 heavy (non-hydrogen) atoms. The van der Waals surface area contributed by atoms with Gasteiger partial charge in [0.15, 0.2) is 0 Å². The van der Waals surface area contributed by atoms with Gasteiger partial charge in [0.05, 0.1) is 24.2 Å². The lowest BCUT2D eigenvalue weighted by atomic mass is 9.89. The van der Waals surface area contributed by atoms with Gasteiger partial charge in [-0.05, 0) is 31.6 Å². The summed E-state index contributed by atoms with van der Waals surface area (Å²) in [5, 5.41) is 0. The van der Waals surface area contributed by atoms with Gasteiger partial charge in [-0.1, -0.05) is 20.8 Å². The molecule has 3 heterocycles. The summed E-state index contributed by atoms with van der Waals surface area (Å²) in [5.41, 5.74) is 0.363. The summed E-state index contributed by atoms with van der Waals surface area (Å²) in [5.74, 6) is 0.793. The van der Waals surface area contributed by atoms with Crippen molar-refractivity contribution in [3.8, 4) is 0 Å². The Kier molecular flexibility index (Phi) is 6.03. The van der Waals surface area contributed by atoms with Crippen molar-refractivity contribution in [2.45, 2.75) is 59.0 Å². The van der Waals surface area contributed by atoms with E-state index in [1.54, 1.807) is 19.3 Å². The Bertz CT molecular complexity index is 703. The normalized spacial score (nSPS) is 20.4. The highest BCUT2D eigenvalue weighted by Gasteiger charge is 2.41. The third-order valence-electron chi connectivity index (χ3n) is 5.68. The van der Waals surface area contributed by atoms with Gasteiger partial charge in [0.2, 0.25) is 5.91 Å². The first-order valence-electron chi connectivity index (χ1n) is 10.2. The van der Waals surface area contributed by atoms with Crippen molar-refractivity contribution in [2.24, 2.45) is 5.41 Å². The van der Waals surface area contributed by atoms with Gasteiger partial charge in [0, 0.05) is 38.6 Å². The van der Waals surface area contributed by atoms with E-state index in [1.807, 2.05) is 9.80 Å². The molecule has 1 spiro atoms. The molecule has 7 nitrogen and oxygen atoms in total. The number of likely N-dealkylation sites (tertiary alicyclic amines) is 1. The molecule has 0 atom stereocenters. The van der Waals surface area contributed by atoms with E-state index in [9.17, 15) is 9.59 Å². The molecular weight excluding hydrogens is 356 g/mol. The highest BCUT2D eigenvalue weighted by molar-refractivity contribution is 5.93. The van der Waals surface area contributed by atoms with Gasteiger partial charge in [-0.25, -0.2) is 9.97 Å². The molecule has 0 bridgehead atoms. The summed E-state index contributed by atoms with van der Waals surface area (Å²) in [6.45, 7) is 11.5. The topological polar surface area (TPSA) is 75.6 Å². The minimum absolute atomic E-state index is 0.0378. The van der Waals surface area contributed by atoms with Gasteiger partial charge in [-0.2, -0.15) is 0 Å². The van der Waals surface area contributed by atoms with Gasteiger partial charge in [0.25, 0.3) is 5.91 Å². The molecule has 0 N–H and O–H groups in total. The fourth-order valence-corrected chi connectivity index (χ4v) is 3.77. The number of amides is 2. The van der Waals surface area contributed by atoms with E-state index in [1.165, 1.54) is 0 Å². The van der Waals surface area contributed by atoms with Crippen LogP contribution in [0.5, 0.6) is 0 Å². The van der Waals surface area contributed by atoms with E-state index >= 15 is 0 Å². The van der Waals surface area contributed by atoms with Crippen LogP contribution >= 0.6 is 0 Å². The molecule has 0 saturated carbocycles. The van der Waals surface area contributed by atoms with Gasteiger partial charge in [-0.3, -0.25) is 9.59 Å². The van der Waals surface area contributed by atoms with Crippen molar-refractivity contribution in [3.05, 3.63) is 23.8 Å². The Labute approximate surface area is 167 Å². The number of rotatable bonds is 3. The zero-order chi connectivity index (χ0) is 20.4. The standard InChI is InChI=1S/C21H32N4O3/c1-16-22-13-17(14-23-16)19(27)24-10-7-21(8-11-24)15-25(9-6-20(2,3)4)18(26)5-12-28-21/h13-14H,5-12,15H2,1-4H3. The third kappa shape index (κ3) is 5.07. The number of aromatic nitrogens is 2. The van der Waals surface area contributed by atoms with Crippen molar-refractivity contribution in [2.75, 3.05) is 32.8 Å². The number of carbonyl (C=O) groups is 2. The molecule has 2 aliphatic heterocycles. The number of nitrogens with zero attached hydrogens (tertiary/aromatic N) is 4. The number of aryl methyl sites for hydroxylation is 1. The fraction of sp³-hybridized carbons (Fsp3) is 0.714. The highest BCUT2D eigenvalue weighted by atomic mass is 16.5. The largest absolute Gasteiger partial charge is 0.372 e. The lowest BCUT2D eigenvalue weighted by Gasteiger charge is -2.42. The molecular formula is C21H32N4O3. The number of piperidine rings is 1. The van der Waals surface area contributed by atoms with Crippen LogP contribution in [-0.2, 0) is 9.53 Å². The van der Waals surface area contributed by atoms with Crippen LogP contribution < -0.4 is 0 Å². The van der Waals surface area contributed by atoms with E-state index in [0.29, 0.717) is 44.0 Å². The lowest BCUT2D eigenvalue weighted by Crippen LogP contribution is -2.53. The second-order valence-corrected chi connectivity index (χ2v) is 9.22. The summed E-state index contributed by atoms with van der Waals surface area (Å²) in [4.78, 5) is 37.3. The number of hydrogen-bond donors (Lipinski definition) is 0. The summed E-state index contributed by atoms with van der Waals surface area (Å²) in [7, 11) is 0. The molecule has 2 aliphatic rings. The van der Waals surface area contributed by atoms with Crippen LogP contribution in [-0.4, -0.2) is 70.0 Å². The number of ether oxygens (including phenoxy) is 1. The molecule has 7 heteroatoms. The molecule has 2 saturated heterocycles. The second kappa shape index (κ2) is 8.15. The molecule has 2 amide bonds. The number of carbonyl (C=O) groups excluding carboxylic acids is 2. The van der Waals surface area contributed by atoms with E-state index in [4.69, 9.17) is 4.74 Å². The predicted molar refractivity (Wildman–Crippen MR) is 106 cm³/mol. The van der Waals surface area contributed by atoms with E-state index in [0.717, 1.165) is 25.8 Å². The van der Waals surface area contributed by atoms with Crippen LogP contribution in [0.4, 0.5) is 0 Å². The average Bonchev–Trinajstić information content (AvgIpc) is 2.79. The first-order valence-corrected chi connectivity index (χ1v) is 10.2. The van der Waals surface area contributed by atoms with E-state index < -0.39 is 0 Å². The summed E-state index contributed by atoms with van der Waals surface area (Å²) < 4.78 is 6.19. The lowest BCUT2D eigenvalue weighted by molar-refractivity contribution is -0.132. The monoisotopic (exact) mass is 388 g/mol. The van der Waals surface area contributed by atoms with Crippen LogP contribution in [0.2, 0.25) is 0 Å². The van der Waals surface area contributed by atoms with Gasteiger partial charge < -0.3 is 14.5 Å². The number of hydrogen-bond acceptors (Lipinski definition) is 5. The Balaban J connectivity index is 1.63. The maximum atomic E-state index is 12.7. The predicted octanol–water partition coefficient (Wildman–Crippen LogP) is 2.44. The van der Waals surface area contributed by atoms with Gasteiger partial charge in [0.1, 0.15) is 5.82 Å². The molecule has 154 valence electrons. The maximum absolute atomic E-state index is 12.7. The van der Waals surface area contributed by atoms with Gasteiger partial charge in [-0.15, -0.1) is 0 Å². The first kappa shape index (κ1) is 20.7. The summed E-state index contributed by atoms with van der Waals surface area (Å²) >= 11 is 0. The zero-order valence-electron chi connectivity index (χ0n) is 17.5. The van der Waals surface area contributed by atoms with Crippen molar-refractivity contribution in [3.63, 3.8) is 0 Å². The van der Waals surface area contributed by atoms with Crippen molar-refractivity contribution in [1.29, 1.82) is 0 Å². The van der Waals surface area contributed by atoms with E-state index in [-0.39, 0.29) is 22.8 Å². The molecule has 1 aromatic rings. The minimum Gasteiger partial charge on any atom is -0.372 e. The maximum Gasteiger partial charge on any atom is 0.256 e. The van der Waals surface area contributed by atoms with E-state index in [2.05, 4.69) is 30.7 Å². The highest BCUT2D eigenvalue weighted by Crippen LogP contribution is 2.31. The van der Waals surface area contributed by atoms with Crippen molar-refractivity contribution in [1.82, 2.24) is 19.8 Å². The Morgan fingerprint density at radius 1 is 1.21 bits per heavy atom. The molecule has 3 rings (SSSR count). The second-order valence-electron chi connectivity index (χ2n) is 9.22. The summed E-state index contributed by atoms with van der Waals surface area (Å²) in [6.07, 6.45) is 6.06. The molecule has 0 unspecified atom stereocenters. The van der Waals surface area contributed by atoms with Crippen molar-refractivity contribution >= 4 is 11.8 Å².